The highest BCUT2D eigenvalue weighted by Crippen LogP contribution is 2.54. The molecule has 10 rings (SSSR count). The predicted molar refractivity (Wildman–Crippen MR) is 319 cm³/mol. The molecule has 2 aliphatic carbocycles. The number of halogens is 2. The second-order valence-corrected chi connectivity index (χ2v) is 25.0. The van der Waals surface area contributed by atoms with E-state index >= 15 is 4.79 Å². The average molecular weight is 1210 g/mol. The number of esters is 1. The molecular formula is C61H73Cl2N11O9S. The van der Waals surface area contributed by atoms with Gasteiger partial charge in [-0.05, 0) is 120 Å². The van der Waals surface area contributed by atoms with Gasteiger partial charge in [0.25, 0.3) is 0 Å². The lowest BCUT2D eigenvalue weighted by Crippen LogP contribution is -2.53. The van der Waals surface area contributed by atoms with Crippen LogP contribution >= 0.6 is 34.5 Å². The Labute approximate surface area is 503 Å². The molecule has 5 heterocycles. The lowest BCUT2D eigenvalue weighted by Gasteiger charge is -2.45. The third-order valence-electron chi connectivity index (χ3n) is 17.6. The van der Waals surface area contributed by atoms with Crippen LogP contribution < -0.4 is 36.4 Å². The maximum absolute atomic E-state index is 15.4. The lowest BCUT2D eigenvalue weighted by atomic mass is 9.66. The van der Waals surface area contributed by atoms with Gasteiger partial charge >= 0.3 is 5.97 Å². The Bertz CT molecular complexity index is 3450. The van der Waals surface area contributed by atoms with Crippen LogP contribution in [0.1, 0.15) is 127 Å². The van der Waals surface area contributed by atoms with Crippen LogP contribution in [-0.2, 0) is 41.7 Å². The highest BCUT2D eigenvalue weighted by molar-refractivity contribution is 7.15. The number of nitrogens with one attached hydrogen (secondary N) is 2. The van der Waals surface area contributed by atoms with Crippen LogP contribution in [0.25, 0.3) is 5.00 Å². The molecule has 23 heteroatoms. The standard InChI is InChI=1S/C61H73Cl2N11O9S/c1-34-36(3)84-58-53(34)55(38-11-14-40(62)15-12-38)68-46(56-70-69-37(4)74(56)58)27-50(75)67-29-51(76)66-23-25-73(65)35(2)45(64)32-82-48-18-17-44(63)42-19-24-72(47(54(42)48)30-71-33-61(21-22-61)28-52(71)77)57(78)43-10-8-9-20-60(43,5)59(79)83-31-39-13-16-41(80-6)26-49(39)81-7/h11-18,26,43,46-47H,8-10,19-25,27-33,64-65H2,1-7H3,(H,66,76)(H,67,75)/b45-35-/t43?,46-,47?,60-/m0/s1. The Morgan fingerprint density at radius 3 is 2.44 bits per heavy atom. The van der Waals surface area contributed by atoms with Crippen LogP contribution in [0, 0.1) is 37.5 Å². The van der Waals surface area contributed by atoms with E-state index in [2.05, 4.69) is 34.7 Å². The van der Waals surface area contributed by atoms with Crippen molar-refractivity contribution in [3.05, 3.63) is 126 Å². The van der Waals surface area contributed by atoms with Gasteiger partial charge in [-0.15, -0.1) is 21.5 Å². The van der Waals surface area contributed by atoms with Gasteiger partial charge < -0.3 is 50.1 Å². The molecule has 2 unspecified atom stereocenters. The molecule has 20 nitrogen and oxygen atoms in total. The summed E-state index contributed by atoms with van der Waals surface area (Å²) in [5, 5.41) is 17.8. The molecule has 1 saturated heterocycles. The Kier molecular flexibility index (Phi) is 17.7. The number of thiophene rings is 1. The molecule has 4 atom stereocenters. The number of amides is 4. The average Bonchev–Trinajstić information content (AvgIpc) is 1.64. The Hall–Kier alpha value is -7.20. The number of aromatic nitrogens is 3. The molecule has 4 amide bonds. The fourth-order valence-electron chi connectivity index (χ4n) is 12.2. The number of nitrogens with two attached hydrogens (primary N) is 2. The number of hydrazine groups is 1. The summed E-state index contributed by atoms with van der Waals surface area (Å²) >= 11 is 14.9. The summed E-state index contributed by atoms with van der Waals surface area (Å²) in [6, 6.07) is 14.9. The van der Waals surface area contributed by atoms with Crippen molar-refractivity contribution >= 4 is 69.8 Å². The Morgan fingerprint density at radius 2 is 1.71 bits per heavy atom. The van der Waals surface area contributed by atoms with Crippen molar-refractivity contribution < 1.29 is 42.9 Å². The van der Waals surface area contributed by atoms with Crippen molar-refractivity contribution in [1.29, 1.82) is 0 Å². The zero-order chi connectivity index (χ0) is 59.8. The molecule has 446 valence electrons. The lowest BCUT2D eigenvalue weighted by molar-refractivity contribution is -0.169. The highest BCUT2D eigenvalue weighted by Gasteiger charge is 2.54. The van der Waals surface area contributed by atoms with Gasteiger partial charge in [-0.25, -0.2) is 5.84 Å². The number of fused-ring (bicyclic) bond motifs is 4. The van der Waals surface area contributed by atoms with Crippen molar-refractivity contribution in [3.63, 3.8) is 0 Å². The van der Waals surface area contributed by atoms with Crippen LogP contribution in [0.4, 0.5) is 0 Å². The molecule has 0 radical (unpaired) electrons. The molecule has 3 aromatic carbocycles. The Morgan fingerprint density at radius 1 is 0.940 bits per heavy atom. The summed E-state index contributed by atoms with van der Waals surface area (Å²) in [5.74, 6) is 7.15. The van der Waals surface area contributed by atoms with E-state index in [1.807, 2.05) is 52.5 Å². The van der Waals surface area contributed by atoms with Crippen LogP contribution in [0.3, 0.4) is 0 Å². The minimum Gasteiger partial charge on any atom is -0.497 e. The van der Waals surface area contributed by atoms with Gasteiger partial charge in [-0.2, -0.15) is 0 Å². The summed E-state index contributed by atoms with van der Waals surface area (Å²) < 4.78 is 25.5. The summed E-state index contributed by atoms with van der Waals surface area (Å²) in [7, 11) is 3.11. The summed E-state index contributed by atoms with van der Waals surface area (Å²) in [4.78, 5) is 80.2. The van der Waals surface area contributed by atoms with Crippen LogP contribution in [0.5, 0.6) is 17.2 Å². The van der Waals surface area contributed by atoms with Gasteiger partial charge in [0, 0.05) is 81.5 Å². The summed E-state index contributed by atoms with van der Waals surface area (Å²) in [5.41, 5.74) is 12.1. The van der Waals surface area contributed by atoms with Crippen LogP contribution in [0.15, 0.2) is 71.0 Å². The van der Waals surface area contributed by atoms with Crippen molar-refractivity contribution in [2.24, 2.45) is 33.3 Å². The molecule has 5 aromatic rings. The fraction of sp³-hybridized carbons (Fsp3) is 0.475. The highest BCUT2D eigenvalue weighted by atomic mass is 35.5. The molecule has 2 aromatic heterocycles. The molecule has 2 saturated carbocycles. The maximum atomic E-state index is 15.4. The number of nitrogens with zero attached hydrogens (tertiary/aromatic N) is 7. The van der Waals surface area contributed by atoms with Crippen molar-refractivity contribution in [3.8, 4) is 22.2 Å². The largest absolute Gasteiger partial charge is 0.497 e. The molecule has 84 heavy (non-hydrogen) atoms. The second kappa shape index (κ2) is 24.8. The number of hydrogen-bond donors (Lipinski definition) is 4. The zero-order valence-corrected chi connectivity index (χ0v) is 50.9. The number of carbonyl (C=O) groups excluding carboxylic acids is 5. The maximum Gasteiger partial charge on any atom is 0.312 e. The van der Waals surface area contributed by atoms with Crippen molar-refractivity contribution in [2.45, 2.75) is 111 Å². The minimum absolute atomic E-state index is 0.0347. The molecule has 3 fully saturated rings. The monoisotopic (exact) mass is 1210 g/mol. The second-order valence-electron chi connectivity index (χ2n) is 23.0. The number of benzene rings is 3. The van der Waals surface area contributed by atoms with Gasteiger partial charge in [0.2, 0.25) is 23.6 Å². The van der Waals surface area contributed by atoms with Gasteiger partial charge in [-0.1, -0.05) is 48.2 Å². The number of ether oxygens (including phenoxy) is 4. The number of aliphatic imine (C=N–C) groups is 1. The third kappa shape index (κ3) is 12.2. The van der Waals surface area contributed by atoms with E-state index < -0.39 is 41.2 Å². The van der Waals surface area contributed by atoms with Crippen LogP contribution in [-0.4, -0.2) is 125 Å². The van der Waals surface area contributed by atoms with E-state index in [9.17, 15) is 19.2 Å². The quantitative estimate of drug-likeness (QED) is 0.0328. The van der Waals surface area contributed by atoms with Gasteiger partial charge in [0.15, 0.2) is 5.82 Å². The zero-order valence-electron chi connectivity index (χ0n) is 48.6. The first kappa shape index (κ1) is 59.9. The van der Waals surface area contributed by atoms with Gasteiger partial charge in [0.1, 0.15) is 47.3 Å². The molecular weight excluding hydrogens is 1130 g/mol. The number of allylic oxidation sites excluding steroid dienone is 1. The molecule has 1 spiro atoms. The topological polar surface area (TPSA) is 251 Å². The number of rotatable bonds is 20. The number of aryl methyl sites for hydroxylation is 2. The van der Waals surface area contributed by atoms with E-state index in [1.165, 1.54) is 5.01 Å². The SMILES string of the molecule is COc1ccc(COC(=O)[C@@]2(C)CCCCC2C(=O)N2CCc3c(Cl)ccc(OC/C(N)=C(\C)N(N)CCNC(=O)CNC(=O)C[C@@H]4N=C(c5ccc(Cl)cc5)c5c(sc(C)c5C)-n5c(C)nnc54)c3C2CN2CC3(CC3)CC2=O)c(OC)c1. The third-order valence-corrected chi connectivity index (χ3v) is 19.4. The van der Waals surface area contributed by atoms with Gasteiger partial charge in [-0.3, -0.25) is 33.5 Å². The van der Waals surface area contributed by atoms with E-state index in [1.54, 1.807) is 62.8 Å². The fourth-order valence-corrected chi connectivity index (χ4v) is 13.8. The number of carbonyl (C=O) groups is 5. The summed E-state index contributed by atoms with van der Waals surface area (Å²) in [6.07, 6.45) is 5.21. The Balaban J connectivity index is 0.787. The smallest absolute Gasteiger partial charge is 0.312 e. The van der Waals surface area contributed by atoms with Gasteiger partial charge in [0.05, 0.1) is 62.5 Å². The van der Waals surface area contributed by atoms with Crippen molar-refractivity contribution in [1.82, 2.24) is 40.2 Å². The molecule has 0 bridgehead atoms. The predicted octanol–water partition coefficient (Wildman–Crippen LogP) is 7.92. The first-order chi connectivity index (χ1) is 40.2. The number of methoxy groups -OCH3 is 2. The van der Waals surface area contributed by atoms with E-state index in [-0.39, 0.29) is 63.0 Å². The van der Waals surface area contributed by atoms with E-state index in [0.29, 0.717) is 106 Å². The molecule has 5 aliphatic rings. The normalized spacial score (nSPS) is 20.6. The number of likely N-dealkylation sites (tertiary alicyclic amines) is 1. The van der Waals surface area contributed by atoms with Crippen LogP contribution in [0.2, 0.25) is 10.0 Å². The van der Waals surface area contributed by atoms with E-state index in [0.717, 1.165) is 57.8 Å². The van der Waals surface area contributed by atoms with Crippen molar-refractivity contribution in [2.75, 3.05) is 60.1 Å². The molecule has 6 N–H and O–H groups in total. The summed E-state index contributed by atoms with van der Waals surface area (Å²) in [6.45, 7) is 10.5. The van der Waals surface area contributed by atoms with E-state index in [4.69, 9.17) is 58.7 Å². The molecule has 3 aliphatic heterocycles. The number of hydrogen-bond acceptors (Lipinski definition) is 16. The minimum atomic E-state index is -1.13. The first-order valence-electron chi connectivity index (χ1n) is 28.5. The first-order valence-corrected chi connectivity index (χ1v) is 30.1.